The third-order valence-electron chi connectivity index (χ3n) is 5.15. The van der Waals surface area contributed by atoms with Crippen molar-refractivity contribution in [1.82, 2.24) is 20.0 Å². The molecular weight excluding hydrogens is 438 g/mol. The van der Waals surface area contributed by atoms with Crippen LogP contribution >= 0.6 is 0 Å². The third kappa shape index (κ3) is 4.44. The van der Waals surface area contributed by atoms with E-state index in [0.29, 0.717) is 28.5 Å². The molecule has 0 atom stereocenters. The molecule has 2 aromatic heterocycles. The third-order valence-corrected chi connectivity index (χ3v) is 5.15. The van der Waals surface area contributed by atoms with Crippen molar-refractivity contribution in [2.24, 2.45) is 10.2 Å². The van der Waals surface area contributed by atoms with Crippen LogP contribution in [0.4, 0.5) is 5.69 Å². The predicted octanol–water partition coefficient (Wildman–Crippen LogP) is 3.89. The molecule has 0 spiro atoms. The highest BCUT2D eigenvalue weighted by Crippen LogP contribution is 2.24. The number of hydrogen-bond donors (Lipinski definition) is 0. The van der Waals surface area contributed by atoms with Crippen molar-refractivity contribution in [3.8, 4) is 17.3 Å². The van der Waals surface area contributed by atoms with Crippen LogP contribution in [0.2, 0.25) is 0 Å². The summed E-state index contributed by atoms with van der Waals surface area (Å²) in [5.74, 6) is 1.15. The van der Waals surface area contributed by atoms with Gasteiger partial charge in [0.2, 0.25) is 5.88 Å². The molecule has 0 radical (unpaired) electrons. The summed E-state index contributed by atoms with van der Waals surface area (Å²) in [5.41, 5.74) is 3.92. The number of aromatic nitrogens is 4. The van der Waals surface area contributed by atoms with E-state index in [4.69, 9.17) is 9.47 Å². The highest BCUT2D eigenvalue weighted by atomic mass is 16.6. The van der Waals surface area contributed by atoms with Gasteiger partial charge in [-0.05, 0) is 50.2 Å². The number of rotatable bonds is 7. The van der Waals surface area contributed by atoms with Crippen LogP contribution in [0.25, 0.3) is 16.6 Å². The van der Waals surface area contributed by atoms with Crippen LogP contribution in [0.1, 0.15) is 23.9 Å². The average Bonchev–Trinajstić information content (AvgIpc) is 3.24. The maximum atomic E-state index is 10.9. The minimum Gasteiger partial charge on any atom is -0.497 e. The Labute approximate surface area is 194 Å². The van der Waals surface area contributed by atoms with Gasteiger partial charge in [-0.2, -0.15) is 10.2 Å². The van der Waals surface area contributed by atoms with E-state index in [2.05, 4.69) is 25.5 Å². The van der Waals surface area contributed by atoms with Gasteiger partial charge in [0.05, 0.1) is 53.5 Å². The molecule has 0 aliphatic rings. The summed E-state index contributed by atoms with van der Waals surface area (Å²) in [4.78, 5) is 14.9. The van der Waals surface area contributed by atoms with E-state index in [1.54, 1.807) is 44.2 Å². The Morgan fingerprint density at radius 1 is 1.12 bits per heavy atom. The Kier molecular flexibility index (Phi) is 6.26. The van der Waals surface area contributed by atoms with Crippen LogP contribution in [0.5, 0.6) is 11.6 Å². The van der Waals surface area contributed by atoms with E-state index in [1.165, 1.54) is 12.1 Å². The van der Waals surface area contributed by atoms with Crippen molar-refractivity contribution in [2.75, 3.05) is 14.2 Å². The quantitative estimate of drug-likeness (QED) is 0.233. The van der Waals surface area contributed by atoms with Gasteiger partial charge in [0.25, 0.3) is 5.69 Å². The summed E-state index contributed by atoms with van der Waals surface area (Å²) in [6.07, 6.45) is 1.56. The van der Waals surface area contributed by atoms with E-state index in [-0.39, 0.29) is 5.69 Å². The Balaban J connectivity index is 1.60. The van der Waals surface area contributed by atoms with Crippen LogP contribution in [0.15, 0.2) is 58.7 Å². The maximum absolute atomic E-state index is 10.9. The first-order valence-corrected chi connectivity index (χ1v) is 10.2. The van der Waals surface area contributed by atoms with Gasteiger partial charge in [-0.15, -0.1) is 5.10 Å². The second-order valence-electron chi connectivity index (χ2n) is 7.28. The lowest BCUT2D eigenvalue weighted by atomic mass is 10.1. The Hall–Kier alpha value is -4.67. The molecule has 11 nitrogen and oxygen atoms in total. The molecule has 2 heterocycles. The summed E-state index contributed by atoms with van der Waals surface area (Å²) in [6.45, 7) is 3.61. The fraction of sp³-hybridized carbons (Fsp3) is 0.174. The van der Waals surface area contributed by atoms with Crippen LogP contribution in [-0.4, -0.2) is 51.0 Å². The first-order chi connectivity index (χ1) is 16.4. The molecule has 0 amide bonds. The second kappa shape index (κ2) is 9.45. The minimum atomic E-state index is -0.450. The largest absolute Gasteiger partial charge is 0.497 e. The number of pyridine rings is 1. The number of nitro groups is 1. The number of benzene rings is 2. The smallest absolute Gasteiger partial charge is 0.269 e. The number of nitro benzene ring substituents is 1. The molecule has 0 N–H and O–H groups in total. The van der Waals surface area contributed by atoms with E-state index in [9.17, 15) is 10.1 Å². The number of nitrogens with zero attached hydrogens (tertiary/aromatic N) is 7. The van der Waals surface area contributed by atoms with Crippen LogP contribution < -0.4 is 9.47 Å². The first-order valence-electron chi connectivity index (χ1n) is 10.2. The molecule has 4 aromatic rings. The number of non-ortho nitro benzene ring substituents is 1. The normalized spacial score (nSPS) is 11.8. The zero-order valence-electron chi connectivity index (χ0n) is 19.0. The average molecular weight is 459 g/mol. The van der Waals surface area contributed by atoms with Crippen molar-refractivity contribution in [3.05, 3.63) is 75.6 Å². The molecule has 34 heavy (non-hydrogen) atoms. The van der Waals surface area contributed by atoms with Crippen molar-refractivity contribution in [3.63, 3.8) is 0 Å². The summed E-state index contributed by atoms with van der Waals surface area (Å²) >= 11 is 0. The first kappa shape index (κ1) is 22.5. The monoisotopic (exact) mass is 459 g/mol. The molecule has 4 rings (SSSR count). The van der Waals surface area contributed by atoms with Crippen LogP contribution in [-0.2, 0) is 0 Å². The molecule has 172 valence electrons. The Morgan fingerprint density at radius 2 is 1.88 bits per heavy atom. The van der Waals surface area contributed by atoms with E-state index < -0.39 is 4.92 Å². The molecule has 0 bridgehead atoms. The molecule has 0 saturated heterocycles. The molecule has 2 aromatic carbocycles. The van der Waals surface area contributed by atoms with Gasteiger partial charge >= 0.3 is 0 Å². The Morgan fingerprint density at radius 3 is 2.56 bits per heavy atom. The van der Waals surface area contributed by atoms with Gasteiger partial charge in [0.1, 0.15) is 11.4 Å². The number of ether oxygens (including phenoxy) is 2. The summed E-state index contributed by atoms with van der Waals surface area (Å²) < 4.78 is 12.3. The summed E-state index contributed by atoms with van der Waals surface area (Å²) in [7, 11) is 3.15. The predicted molar refractivity (Wildman–Crippen MR) is 127 cm³/mol. The second-order valence-corrected chi connectivity index (χ2v) is 7.28. The fourth-order valence-electron chi connectivity index (χ4n) is 3.39. The highest BCUT2D eigenvalue weighted by molar-refractivity contribution is 5.98. The molecule has 11 heteroatoms. The lowest BCUT2D eigenvalue weighted by Gasteiger charge is -2.07. The SMILES string of the molecule is COc1ccc2nc(OC)c(/C=N/N=C(\C)c3nnn(-c4ccc([N+](=O)[O-])cc4)c3C)cc2c1. The van der Waals surface area contributed by atoms with Crippen molar-refractivity contribution < 1.29 is 14.4 Å². The molecular formula is C23H21N7O4. The summed E-state index contributed by atoms with van der Waals surface area (Å²) in [6, 6.07) is 13.5. The Bertz CT molecular complexity index is 1430. The standard InChI is InChI=1S/C23H21N7O4/c1-14(22-15(2)29(28-27-22)18-5-7-19(8-6-18)30(31)32)26-24-13-17-11-16-12-20(33-3)9-10-21(16)25-23(17)34-4/h5-13H,1-4H3/b24-13+,26-14+. The molecule has 0 unspecified atom stereocenters. The lowest BCUT2D eigenvalue weighted by molar-refractivity contribution is -0.384. The van der Waals surface area contributed by atoms with Gasteiger partial charge in [-0.3, -0.25) is 10.1 Å². The van der Waals surface area contributed by atoms with Crippen molar-refractivity contribution in [1.29, 1.82) is 0 Å². The molecule has 0 aliphatic heterocycles. The van der Waals surface area contributed by atoms with Gasteiger partial charge in [-0.25, -0.2) is 9.67 Å². The van der Waals surface area contributed by atoms with Crippen molar-refractivity contribution in [2.45, 2.75) is 13.8 Å². The topological polar surface area (TPSA) is 130 Å². The minimum absolute atomic E-state index is 0.00544. The molecule has 0 fully saturated rings. The molecule has 0 saturated carbocycles. The zero-order valence-corrected chi connectivity index (χ0v) is 19.0. The van der Waals surface area contributed by atoms with Gasteiger partial charge < -0.3 is 9.47 Å². The van der Waals surface area contributed by atoms with Crippen molar-refractivity contribution >= 4 is 28.5 Å². The lowest BCUT2D eigenvalue weighted by Crippen LogP contribution is -2.02. The van der Waals surface area contributed by atoms with E-state index in [1.807, 2.05) is 31.2 Å². The van der Waals surface area contributed by atoms with Gasteiger partial charge in [0.15, 0.2) is 0 Å². The summed E-state index contributed by atoms with van der Waals surface area (Å²) in [5, 5.41) is 28.5. The number of methoxy groups -OCH3 is 2. The van der Waals surface area contributed by atoms with Gasteiger partial charge in [0, 0.05) is 17.5 Å². The fourth-order valence-corrected chi connectivity index (χ4v) is 3.39. The highest BCUT2D eigenvalue weighted by Gasteiger charge is 2.14. The number of fused-ring (bicyclic) bond motifs is 1. The van der Waals surface area contributed by atoms with Gasteiger partial charge in [-0.1, -0.05) is 5.21 Å². The zero-order chi connectivity index (χ0) is 24.2. The number of hydrogen-bond acceptors (Lipinski definition) is 9. The maximum Gasteiger partial charge on any atom is 0.269 e. The molecule has 0 aliphatic carbocycles. The van der Waals surface area contributed by atoms with E-state index in [0.717, 1.165) is 22.3 Å². The van der Waals surface area contributed by atoms with Crippen LogP contribution in [0, 0.1) is 17.0 Å². The van der Waals surface area contributed by atoms with E-state index >= 15 is 0 Å². The van der Waals surface area contributed by atoms with Crippen LogP contribution in [0.3, 0.4) is 0 Å².